The van der Waals surface area contributed by atoms with Crippen molar-refractivity contribution in [2.45, 2.75) is 131 Å². The van der Waals surface area contributed by atoms with E-state index >= 15 is 0 Å². The van der Waals surface area contributed by atoms with Crippen LogP contribution in [0.2, 0.25) is 0 Å². The third-order valence-electron chi connectivity index (χ3n) is 8.38. The van der Waals surface area contributed by atoms with Crippen molar-refractivity contribution in [3.63, 3.8) is 0 Å². The fourth-order valence-corrected chi connectivity index (χ4v) is 6.01. The fraction of sp³-hybridized carbons (Fsp3) is 0.871. The van der Waals surface area contributed by atoms with Crippen molar-refractivity contribution in [2.24, 2.45) is 40.7 Å². The largest absolute Gasteiger partial charge is 0.462 e. The van der Waals surface area contributed by atoms with Gasteiger partial charge in [0.15, 0.2) is 11.9 Å². The number of cyclic esters (lactones) is 1. The number of ether oxygens (including phenoxy) is 2. The molecule has 0 saturated carbocycles. The number of esters is 2. The topological polar surface area (TPSA) is 111 Å². The number of oxime groups is 1. The summed E-state index contributed by atoms with van der Waals surface area (Å²) in [7, 11) is 1.50. The molecule has 0 aliphatic carbocycles. The molecule has 1 saturated heterocycles. The first kappa shape index (κ1) is 35.1. The Labute approximate surface area is 236 Å². The summed E-state index contributed by atoms with van der Waals surface area (Å²) in [6.07, 6.45) is 4.58. The maximum Gasteiger partial charge on any atom is 0.308 e. The van der Waals surface area contributed by atoms with E-state index in [0.717, 1.165) is 25.0 Å². The lowest BCUT2D eigenvalue weighted by atomic mass is 9.78. The summed E-state index contributed by atoms with van der Waals surface area (Å²) >= 11 is 0. The number of hydrogen-bond donors (Lipinski definition) is 1. The van der Waals surface area contributed by atoms with Gasteiger partial charge in [-0.15, -0.1) is 0 Å². The SMILES string of the molecule is CCC(C)[C@H]1OC(=O)C(C)C[C@H](C)[C@@H](CCC/C(CC(C)O)=N/OC)CCC(OC(C)=O)C(=O)C(C)C[C@H]1C. The third-order valence-corrected chi connectivity index (χ3v) is 8.38. The summed E-state index contributed by atoms with van der Waals surface area (Å²) < 4.78 is 11.7. The molecule has 0 bridgehead atoms. The van der Waals surface area contributed by atoms with Crippen LogP contribution in [0.3, 0.4) is 0 Å². The number of Topliss-reactive ketones (excluding diaryl/α,β-unsaturated/α-hetero) is 1. The van der Waals surface area contributed by atoms with Crippen LogP contribution in [0.15, 0.2) is 5.16 Å². The highest BCUT2D eigenvalue weighted by atomic mass is 16.6. The molecular formula is C31H55NO7. The molecule has 5 unspecified atom stereocenters. The Balaban J connectivity index is 3.22. The molecular weight excluding hydrogens is 498 g/mol. The molecule has 1 aliphatic rings. The molecule has 0 aromatic heterocycles. The van der Waals surface area contributed by atoms with E-state index in [1.165, 1.54) is 14.0 Å². The number of ketones is 1. The van der Waals surface area contributed by atoms with E-state index in [1.54, 1.807) is 6.92 Å². The summed E-state index contributed by atoms with van der Waals surface area (Å²) in [5.74, 6) is -0.654. The van der Waals surface area contributed by atoms with Gasteiger partial charge in [-0.1, -0.05) is 53.1 Å². The van der Waals surface area contributed by atoms with Crippen LogP contribution in [0.5, 0.6) is 0 Å². The van der Waals surface area contributed by atoms with Crippen molar-refractivity contribution in [2.75, 3.05) is 7.11 Å². The smallest absolute Gasteiger partial charge is 0.308 e. The quantitative estimate of drug-likeness (QED) is 0.197. The highest BCUT2D eigenvalue weighted by molar-refractivity contribution is 5.87. The second-order valence-electron chi connectivity index (χ2n) is 12.1. The molecule has 0 amide bonds. The second-order valence-corrected chi connectivity index (χ2v) is 12.1. The van der Waals surface area contributed by atoms with E-state index in [9.17, 15) is 19.5 Å². The number of hydrogen-bond acceptors (Lipinski definition) is 8. The van der Waals surface area contributed by atoms with Crippen LogP contribution in [0.25, 0.3) is 0 Å². The predicted octanol–water partition coefficient (Wildman–Crippen LogP) is 6.12. The standard InChI is InChI=1S/C31H55NO7/c1-10-19(2)30-22(5)17-21(4)29(35)28(38-25(8)34)15-14-26(20(3)16-23(6)31(36)39-30)12-11-13-27(32-37-9)18-24(7)33/h19-24,26,28,30,33H,10-18H2,1-9H3/b32-27-/t19?,20-,21?,22+,23?,24?,26-,28?,30+/m0/s1. The van der Waals surface area contributed by atoms with E-state index in [2.05, 4.69) is 25.9 Å². The lowest BCUT2D eigenvalue weighted by Crippen LogP contribution is -2.38. The molecule has 1 rings (SSSR count). The molecule has 1 aliphatic heterocycles. The first-order valence-electron chi connectivity index (χ1n) is 15.0. The maximum atomic E-state index is 13.5. The molecule has 226 valence electrons. The van der Waals surface area contributed by atoms with Crippen molar-refractivity contribution in [1.82, 2.24) is 0 Å². The Morgan fingerprint density at radius 3 is 2.28 bits per heavy atom. The number of nitrogens with zero attached hydrogens (tertiary/aromatic N) is 1. The highest BCUT2D eigenvalue weighted by Gasteiger charge is 2.35. The first-order chi connectivity index (χ1) is 18.3. The van der Waals surface area contributed by atoms with Gasteiger partial charge in [0.25, 0.3) is 0 Å². The molecule has 0 radical (unpaired) electrons. The molecule has 1 fully saturated rings. The lowest BCUT2D eigenvalue weighted by Gasteiger charge is -2.33. The van der Waals surface area contributed by atoms with Gasteiger partial charge in [0.2, 0.25) is 0 Å². The predicted molar refractivity (Wildman–Crippen MR) is 153 cm³/mol. The van der Waals surface area contributed by atoms with Crippen LogP contribution < -0.4 is 0 Å². The average molecular weight is 554 g/mol. The van der Waals surface area contributed by atoms with Crippen molar-refractivity contribution in [1.29, 1.82) is 0 Å². The lowest BCUT2D eigenvalue weighted by molar-refractivity contribution is -0.161. The molecule has 0 aromatic rings. The summed E-state index contributed by atoms with van der Waals surface area (Å²) in [5.41, 5.74) is 0.810. The molecule has 8 nitrogen and oxygen atoms in total. The van der Waals surface area contributed by atoms with Gasteiger partial charge in [-0.3, -0.25) is 14.4 Å². The molecule has 0 spiro atoms. The maximum absolute atomic E-state index is 13.5. The number of rotatable bonds is 10. The van der Waals surface area contributed by atoms with E-state index in [0.29, 0.717) is 38.5 Å². The summed E-state index contributed by atoms with van der Waals surface area (Å²) in [6, 6.07) is 0. The monoisotopic (exact) mass is 553 g/mol. The first-order valence-corrected chi connectivity index (χ1v) is 15.0. The number of carbonyl (C=O) groups is 3. The van der Waals surface area contributed by atoms with E-state index in [4.69, 9.17) is 14.3 Å². The minimum Gasteiger partial charge on any atom is -0.462 e. The van der Waals surface area contributed by atoms with Gasteiger partial charge in [-0.05, 0) is 75.5 Å². The Kier molecular flexibility index (Phi) is 15.9. The van der Waals surface area contributed by atoms with Crippen LogP contribution in [0.4, 0.5) is 0 Å². The van der Waals surface area contributed by atoms with Gasteiger partial charge >= 0.3 is 11.9 Å². The third kappa shape index (κ3) is 12.4. The second kappa shape index (κ2) is 17.7. The van der Waals surface area contributed by atoms with E-state index < -0.39 is 18.2 Å². The van der Waals surface area contributed by atoms with Crippen molar-refractivity contribution in [3.05, 3.63) is 0 Å². The molecule has 9 atom stereocenters. The van der Waals surface area contributed by atoms with Crippen LogP contribution in [0, 0.1) is 35.5 Å². The number of carbonyl (C=O) groups excluding carboxylic acids is 3. The Hall–Kier alpha value is -1.96. The number of aliphatic hydroxyl groups is 1. The zero-order valence-corrected chi connectivity index (χ0v) is 25.9. The van der Waals surface area contributed by atoms with Crippen molar-refractivity contribution in [3.8, 4) is 0 Å². The van der Waals surface area contributed by atoms with Crippen LogP contribution >= 0.6 is 0 Å². The fourth-order valence-electron chi connectivity index (χ4n) is 6.01. The Morgan fingerprint density at radius 2 is 1.72 bits per heavy atom. The highest BCUT2D eigenvalue weighted by Crippen LogP contribution is 2.33. The summed E-state index contributed by atoms with van der Waals surface area (Å²) in [5, 5.41) is 13.9. The van der Waals surface area contributed by atoms with Gasteiger partial charge < -0.3 is 19.4 Å². The van der Waals surface area contributed by atoms with Gasteiger partial charge in [0.05, 0.1) is 17.7 Å². The molecule has 1 N–H and O–H groups in total. The molecule has 0 aromatic carbocycles. The van der Waals surface area contributed by atoms with Gasteiger partial charge in [-0.2, -0.15) is 0 Å². The van der Waals surface area contributed by atoms with Gasteiger partial charge in [0.1, 0.15) is 13.2 Å². The van der Waals surface area contributed by atoms with Crippen LogP contribution in [0.1, 0.15) is 113 Å². The molecule has 8 heteroatoms. The summed E-state index contributed by atoms with van der Waals surface area (Å²) in [4.78, 5) is 43.6. The minimum atomic E-state index is -0.773. The van der Waals surface area contributed by atoms with Crippen LogP contribution in [-0.4, -0.2) is 54.0 Å². The molecule has 39 heavy (non-hydrogen) atoms. The Bertz CT molecular complexity index is 796. The Morgan fingerprint density at radius 1 is 1.08 bits per heavy atom. The van der Waals surface area contributed by atoms with Crippen molar-refractivity contribution >= 4 is 23.4 Å². The number of aliphatic hydroxyl groups excluding tert-OH is 1. The van der Waals surface area contributed by atoms with Gasteiger partial charge in [-0.25, -0.2) is 0 Å². The van der Waals surface area contributed by atoms with E-state index in [1.807, 2.05) is 20.8 Å². The summed E-state index contributed by atoms with van der Waals surface area (Å²) in [6.45, 7) is 15.3. The molecule has 1 heterocycles. The zero-order chi connectivity index (χ0) is 29.7. The normalized spacial score (nSPS) is 31.5. The minimum absolute atomic E-state index is 0.00531. The van der Waals surface area contributed by atoms with Crippen molar-refractivity contribution < 1.29 is 33.8 Å². The average Bonchev–Trinajstić information content (AvgIpc) is 2.85. The van der Waals surface area contributed by atoms with E-state index in [-0.39, 0.29) is 53.4 Å². The van der Waals surface area contributed by atoms with Gasteiger partial charge in [0, 0.05) is 19.3 Å². The van der Waals surface area contributed by atoms with Crippen LogP contribution in [-0.2, 0) is 28.7 Å². The zero-order valence-electron chi connectivity index (χ0n) is 25.9.